The zero-order chi connectivity index (χ0) is 7.61. The fraction of sp³-hybridized carbons (Fsp3) is 1.00. The predicted octanol–water partition coefficient (Wildman–Crippen LogP) is 2.00. The largest absolute Gasteiger partial charge is 0.253 e. The van der Waals surface area contributed by atoms with Crippen LogP contribution in [0.1, 0.15) is 32.6 Å². The first-order valence-corrected chi connectivity index (χ1v) is 5.71. The Morgan fingerprint density at radius 3 is 2.60 bits per heavy atom. The maximum Gasteiger partial charge on any atom is 0.0470 e. The molecule has 1 N–H and O–H groups in total. The predicted molar refractivity (Wildman–Crippen MR) is 43.7 cm³/mol. The molecule has 3 heteroatoms. The quantitative estimate of drug-likeness (QED) is 0.673. The Morgan fingerprint density at radius 2 is 2.20 bits per heavy atom. The van der Waals surface area contributed by atoms with Crippen molar-refractivity contribution < 1.29 is 4.21 Å². The summed E-state index contributed by atoms with van der Waals surface area (Å²) in [5.74, 6) is 0.633. The van der Waals surface area contributed by atoms with Crippen molar-refractivity contribution in [3.05, 3.63) is 0 Å². The van der Waals surface area contributed by atoms with Crippen molar-refractivity contribution in [3.63, 3.8) is 0 Å². The molecule has 1 aliphatic rings. The van der Waals surface area contributed by atoms with Gasteiger partial charge in [-0.05, 0) is 19.3 Å². The lowest BCUT2D eigenvalue weighted by Crippen LogP contribution is -2.09. The van der Waals surface area contributed by atoms with Crippen molar-refractivity contribution in [2.75, 3.05) is 5.75 Å². The van der Waals surface area contributed by atoms with Gasteiger partial charge in [-0.25, -0.2) is 4.21 Å². The van der Waals surface area contributed by atoms with E-state index in [9.17, 15) is 4.21 Å². The van der Waals surface area contributed by atoms with Crippen LogP contribution in [0.5, 0.6) is 0 Å². The summed E-state index contributed by atoms with van der Waals surface area (Å²) in [5, 5.41) is 0.263. The van der Waals surface area contributed by atoms with E-state index in [1.54, 1.807) is 0 Å². The van der Waals surface area contributed by atoms with Crippen molar-refractivity contribution >= 4 is 9.73 Å². The topological polar surface area (TPSA) is 40.9 Å². The van der Waals surface area contributed by atoms with Crippen molar-refractivity contribution in [2.24, 2.45) is 0 Å². The molecule has 1 rings (SSSR count). The molecule has 10 heavy (non-hydrogen) atoms. The minimum atomic E-state index is -2.15. The van der Waals surface area contributed by atoms with Crippen LogP contribution in [0, 0.1) is 4.78 Å². The van der Waals surface area contributed by atoms with Gasteiger partial charge in [0, 0.05) is 20.7 Å². The van der Waals surface area contributed by atoms with Gasteiger partial charge in [0.2, 0.25) is 0 Å². The second kappa shape index (κ2) is 2.91. The first-order chi connectivity index (χ1) is 4.67. The molecule has 0 amide bonds. The summed E-state index contributed by atoms with van der Waals surface area (Å²) in [6.07, 6.45) is 4.08. The van der Waals surface area contributed by atoms with Crippen LogP contribution < -0.4 is 0 Å². The SMILES string of the molecule is CCCCS(=N)(=O)C1CC1. The van der Waals surface area contributed by atoms with Crippen LogP contribution in [-0.4, -0.2) is 15.2 Å². The summed E-state index contributed by atoms with van der Waals surface area (Å²) in [6.45, 7) is 2.07. The summed E-state index contributed by atoms with van der Waals surface area (Å²) in [4.78, 5) is 0. The van der Waals surface area contributed by atoms with E-state index in [-0.39, 0.29) is 5.25 Å². The second-order valence-electron chi connectivity index (χ2n) is 2.98. The fourth-order valence-corrected chi connectivity index (χ4v) is 2.92. The van der Waals surface area contributed by atoms with Crippen LogP contribution in [0.15, 0.2) is 0 Å². The summed E-state index contributed by atoms with van der Waals surface area (Å²) in [6, 6.07) is 0. The van der Waals surface area contributed by atoms with E-state index in [2.05, 4.69) is 6.92 Å². The lowest BCUT2D eigenvalue weighted by atomic mass is 10.4. The highest BCUT2D eigenvalue weighted by atomic mass is 32.2. The third kappa shape index (κ3) is 1.97. The zero-order valence-corrected chi connectivity index (χ0v) is 7.25. The van der Waals surface area contributed by atoms with Crippen LogP contribution in [0.4, 0.5) is 0 Å². The number of hydrogen-bond donors (Lipinski definition) is 1. The Hall–Kier alpha value is -0.0500. The molecule has 1 atom stereocenters. The number of hydrogen-bond acceptors (Lipinski definition) is 2. The van der Waals surface area contributed by atoms with Crippen molar-refractivity contribution in [1.82, 2.24) is 0 Å². The van der Waals surface area contributed by atoms with Crippen LogP contribution in [0.3, 0.4) is 0 Å². The molecule has 1 saturated carbocycles. The highest BCUT2D eigenvalue weighted by Gasteiger charge is 2.31. The smallest absolute Gasteiger partial charge is 0.0470 e. The highest BCUT2D eigenvalue weighted by Crippen LogP contribution is 2.29. The number of nitrogens with one attached hydrogen (secondary N) is 1. The van der Waals surface area contributed by atoms with E-state index in [0.29, 0.717) is 5.75 Å². The molecule has 2 nitrogen and oxygen atoms in total. The van der Waals surface area contributed by atoms with Crippen LogP contribution in [-0.2, 0) is 9.73 Å². The monoisotopic (exact) mass is 161 g/mol. The normalized spacial score (nSPS) is 24.1. The van der Waals surface area contributed by atoms with Crippen LogP contribution >= 0.6 is 0 Å². The minimum Gasteiger partial charge on any atom is -0.253 e. The third-order valence-electron chi connectivity index (χ3n) is 1.86. The third-order valence-corrected chi connectivity index (χ3v) is 4.31. The van der Waals surface area contributed by atoms with E-state index in [1.165, 1.54) is 0 Å². The van der Waals surface area contributed by atoms with Gasteiger partial charge in [-0.3, -0.25) is 4.78 Å². The Morgan fingerprint density at radius 1 is 1.60 bits per heavy atom. The molecule has 0 spiro atoms. The first kappa shape index (κ1) is 8.05. The molecule has 0 heterocycles. The summed E-state index contributed by atoms with van der Waals surface area (Å²) >= 11 is 0. The Balaban J connectivity index is 2.36. The molecule has 0 aliphatic heterocycles. The van der Waals surface area contributed by atoms with Crippen LogP contribution in [0.25, 0.3) is 0 Å². The van der Waals surface area contributed by atoms with E-state index in [0.717, 1.165) is 25.7 Å². The summed E-state index contributed by atoms with van der Waals surface area (Å²) in [5.41, 5.74) is 0. The molecule has 1 aliphatic carbocycles. The Bertz CT molecular complexity index is 192. The number of rotatable bonds is 4. The van der Waals surface area contributed by atoms with E-state index in [1.807, 2.05) is 0 Å². The summed E-state index contributed by atoms with van der Waals surface area (Å²) < 4.78 is 18.8. The number of unbranched alkanes of at least 4 members (excludes halogenated alkanes) is 1. The van der Waals surface area contributed by atoms with E-state index in [4.69, 9.17) is 4.78 Å². The van der Waals surface area contributed by atoms with E-state index >= 15 is 0 Å². The lowest BCUT2D eigenvalue weighted by Gasteiger charge is -2.02. The van der Waals surface area contributed by atoms with E-state index < -0.39 is 9.73 Å². The zero-order valence-electron chi connectivity index (χ0n) is 6.43. The maximum absolute atomic E-state index is 11.4. The standard InChI is InChI=1S/C7H15NOS/c1-2-3-6-10(8,9)7-4-5-7/h7-8H,2-6H2,1H3. The molecule has 1 fully saturated rings. The average Bonchev–Trinajstić information content (AvgIpc) is 2.64. The lowest BCUT2D eigenvalue weighted by molar-refractivity contribution is 0.670. The van der Waals surface area contributed by atoms with Crippen LogP contribution in [0.2, 0.25) is 0 Å². The molecular weight excluding hydrogens is 146 g/mol. The average molecular weight is 161 g/mol. The summed E-state index contributed by atoms with van der Waals surface area (Å²) in [7, 11) is -2.15. The fourth-order valence-electron chi connectivity index (χ4n) is 0.974. The molecule has 60 valence electrons. The highest BCUT2D eigenvalue weighted by molar-refractivity contribution is 7.93. The van der Waals surface area contributed by atoms with Crippen molar-refractivity contribution in [3.8, 4) is 0 Å². The van der Waals surface area contributed by atoms with Gasteiger partial charge in [-0.1, -0.05) is 13.3 Å². The van der Waals surface area contributed by atoms with Gasteiger partial charge >= 0.3 is 0 Å². The Labute approximate surface area is 63.0 Å². The molecule has 0 aromatic heterocycles. The molecule has 0 aromatic carbocycles. The van der Waals surface area contributed by atoms with Crippen molar-refractivity contribution in [2.45, 2.75) is 37.9 Å². The molecule has 0 aromatic rings. The molecule has 0 radical (unpaired) electrons. The first-order valence-electron chi connectivity index (χ1n) is 3.92. The second-order valence-corrected chi connectivity index (χ2v) is 5.51. The van der Waals surface area contributed by atoms with Gasteiger partial charge in [-0.2, -0.15) is 0 Å². The van der Waals surface area contributed by atoms with Gasteiger partial charge < -0.3 is 0 Å². The molecule has 0 bridgehead atoms. The van der Waals surface area contributed by atoms with Gasteiger partial charge in [0.25, 0.3) is 0 Å². The van der Waals surface area contributed by atoms with Gasteiger partial charge in [-0.15, -0.1) is 0 Å². The Kier molecular flexibility index (Phi) is 2.34. The molecular formula is C7H15NOS. The van der Waals surface area contributed by atoms with Crippen molar-refractivity contribution in [1.29, 1.82) is 4.78 Å². The molecule has 0 saturated heterocycles. The van der Waals surface area contributed by atoms with Gasteiger partial charge in [0.15, 0.2) is 0 Å². The van der Waals surface area contributed by atoms with Gasteiger partial charge in [0.05, 0.1) is 0 Å². The minimum absolute atomic E-state index is 0.263. The molecule has 1 unspecified atom stereocenters. The maximum atomic E-state index is 11.4. The van der Waals surface area contributed by atoms with Gasteiger partial charge in [0.1, 0.15) is 0 Å².